The molecule has 7 nitrogen and oxygen atoms in total. The lowest BCUT2D eigenvalue weighted by atomic mass is 9.62. The van der Waals surface area contributed by atoms with Gasteiger partial charge in [-0.3, -0.25) is 14.4 Å². The summed E-state index contributed by atoms with van der Waals surface area (Å²) in [5.74, 6) is -1.98. The number of anilines is 1. The molecule has 1 amide bonds. The quantitative estimate of drug-likeness (QED) is 0.292. The summed E-state index contributed by atoms with van der Waals surface area (Å²) in [7, 11) is 2.99. The molecule has 0 radical (unpaired) electrons. The number of nitrogens with one attached hydrogen (secondary N) is 1. The second kappa shape index (κ2) is 9.94. The van der Waals surface area contributed by atoms with Gasteiger partial charge in [-0.25, -0.2) is 4.39 Å². The normalized spacial score (nSPS) is 22.9. The molecule has 1 spiro atoms. The lowest BCUT2D eigenvalue weighted by Gasteiger charge is -2.38. The molecular formula is C35H27FN2O5. The molecule has 0 saturated carbocycles. The minimum Gasteiger partial charge on any atom is -0.493 e. The van der Waals surface area contributed by atoms with E-state index in [1.807, 2.05) is 59.6 Å². The van der Waals surface area contributed by atoms with Crippen molar-refractivity contribution in [3.05, 3.63) is 131 Å². The zero-order chi connectivity index (χ0) is 29.9. The van der Waals surface area contributed by atoms with Gasteiger partial charge in [-0.15, -0.1) is 0 Å². The molecule has 214 valence electrons. The van der Waals surface area contributed by atoms with Gasteiger partial charge in [-0.2, -0.15) is 0 Å². The first-order valence-corrected chi connectivity index (χ1v) is 13.9. The van der Waals surface area contributed by atoms with Crippen molar-refractivity contribution in [2.45, 2.75) is 17.5 Å². The maximum atomic E-state index is 14.7. The van der Waals surface area contributed by atoms with Crippen molar-refractivity contribution in [2.24, 2.45) is 5.92 Å². The Labute approximate surface area is 247 Å². The summed E-state index contributed by atoms with van der Waals surface area (Å²) >= 11 is 0. The van der Waals surface area contributed by atoms with Gasteiger partial charge in [0.15, 0.2) is 23.1 Å². The highest BCUT2D eigenvalue weighted by Gasteiger charge is 2.70. The second-order valence-corrected chi connectivity index (χ2v) is 10.9. The summed E-state index contributed by atoms with van der Waals surface area (Å²) in [4.78, 5) is 45.8. The van der Waals surface area contributed by atoms with Gasteiger partial charge in [0.25, 0.3) is 0 Å². The Morgan fingerprint density at radius 3 is 2.30 bits per heavy atom. The van der Waals surface area contributed by atoms with Crippen molar-refractivity contribution < 1.29 is 28.2 Å². The van der Waals surface area contributed by atoms with E-state index in [4.69, 9.17) is 9.47 Å². The Kier molecular flexibility index (Phi) is 6.16. The first-order valence-electron chi connectivity index (χ1n) is 13.9. The summed E-state index contributed by atoms with van der Waals surface area (Å²) in [5.41, 5.74) is 2.00. The average molecular weight is 575 g/mol. The van der Waals surface area contributed by atoms with Crippen LogP contribution >= 0.6 is 0 Å². The van der Waals surface area contributed by atoms with E-state index in [2.05, 4.69) is 5.32 Å². The van der Waals surface area contributed by atoms with Gasteiger partial charge < -0.3 is 19.7 Å². The predicted molar refractivity (Wildman–Crippen MR) is 159 cm³/mol. The van der Waals surface area contributed by atoms with Crippen LogP contribution in [0.2, 0.25) is 0 Å². The number of hydrogen-bond donors (Lipinski definition) is 1. The van der Waals surface area contributed by atoms with Gasteiger partial charge in [0.1, 0.15) is 17.3 Å². The van der Waals surface area contributed by atoms with E-state index in [-0.39, 0.29) is 17.3 Å². The van der Waals surface area contributed by atoms with E-state index in [9.17, 15) is 18.8 Å². The number of ketones is 2. The highest BCUT2D eigenvalue weighted by Crippen LogP contribution is 2.62. The van der Waals surface area contributed by atoms with Crippen LogP contribution in [0.15, 0.2) is 97.2 Å². The fourth-order valence-corrected chi connectivity index (χ4v) is 7.12. The fourth-order valence-electron chi connectivity index (χ4n) is 7.12. The Hall–Kier alpha value is -5.24. The Morgan fingerprint density at radius 2 is 1.53 bits per heavy atom. The number of amides is 1. The van der Waals surface area contributed by atoms with E-state index in [0.717, 1.165) is 11.1 Å². The number of nitrogens with zero attached hydrogens (tertiary/aromatic N) is 1. The highest BCUT2D eigenvalue weighted by molar-refractivity contribution is 6.16. The molecule has 4 aromatic rings. The molecule has 0 aromatic heterocycles. The largest absolute Gasteiger partial charge is 0.493 e. The Morgan fingerprint density at radius 1 is 0.837 bits per heavy atom. The highest BCUT2D eigenvalue weighted by atomic mass is 19.1. The average Bonchev–Trinajstić information content (AvgIpc) is 3.52. The third-order valence-electron chi connectivity index (χ3n) is 8.92. The summed E-state index contributed by atoms with van der Waals surface area (Å²) < 4.78 is 24.8. The zero-order valence-electron chi connectivity index (χ0n) is 23.4. The smallest absolute Gasteiger partial charge is 0.238 e. The molecule has 4 aromatic carbocycles. The van der Waals surface area contributed by atoms with Crippen molar-refractivity contribution in [3.63, 3.8) is 0 Å². The predicted octanol–water partition coefficient (Wildman–Crippen LogP) is 5.82. The maximum absolute atomic E-state index is 14.7. The fraction of sp³-hybridized carbons (Fsp3) is 0.171. The van der Waals surface area contributed by atoms with Crippen LogP contribution < -0.4 is 14.8 Å². The summed E-state index contributed by atoms with van der Waals surface area (Å²) in [6, 6.07) is 23.3. The van der Waals surface area contributed by atoms with Gasteiger partial charge in [0.05, 0.1) is 26.2 Å². The van der Waals surface area contributed by atoms with Crippen molar-refractivity contribution in [1.82, 2.24) is 4.90 Å². The molecule has 3 heterocycles. The lowest BCUT2D eigenvalue weighted by molar-refractivity contribution is -0.122. The van der Waals surface area contributed by atoms with Crippen LogP contribution in [0.25, 0.3) is 6.08 Å². The standard InChI is InChI=1S/C35H27FN2O5/c1-42-27-16-13-22(19-28(27)43-2)32(40)30-29(31(39)21-11-14-23(36)15-12-21)35(25-9-5-6-10-26(25)37-34(35)41)33-24-8-4-3-7-20(24)17-18-38(30)33/h3-19,29-30,33H,1-2H3,(H,37,41)/t29-,30+,33-,35+/m1/s1. The van der Waals surface area contributed by atoms with Crippen molar-refractivity contribution in [3.8, 4) is 11.5 Å². The van der Waals surface area contributed by atoms with Crippen LogP contribution in [0.4, 0.5) is 10.1 Å². The molecule has 3 aliphatic heterocycles. The number of halogens is 1. The molecule has 0 bridgehead atoms. The molecule has 43 heavy (non-hydrogen) atoms. The van der Waals surface area contributed by atoms with Crippen LogP contribution in [-0.2, 0) is 10.2 Å². The van der Waals surface area contributed by atoms with Crippen molar-refractivity contribution in [2.75, 3.05) is 19.5 Å². The van der Waals surface area contributed by atoms with Crippen molar-refractivity contribution >= 4 is 29.2 Å². The van der Waals surface area contributed by atoms with E-state index in [1.54, 1.807) is 24.3 Å². The molecule has 1 saturated heterocycles. The lowest BCUT2D eigenvalue weighted by Crippen LogP contribution is -2.49. The van der Waals surface area contributed by atoms with Gasteiger partial charge in [0.2, 0.25) is 5.91 Å². The third kappa shape index (κ3) is 3.75. The van der Waals surface area contributed by atoms with Crippen LogP contribution in [0, 0.1) is 11.7 Å². The number of ether oxygens (including phenoxy) is 2. The Balaban J connectivity index is 1.51. The number of para-hydroxylation sites is 1. The minimum absolute atomic E-state index is 0.213. The monoisotopic (exact) mass is 574 g/mol. The molecular weight excluding hydrogens is 547 g/mol. The maximum Gasteiger partial charge on any atom is 0.238 e. The van der Waals surface area contributed by atoms with Gasteiger partial charge in [0, 0.05) is 23.0 Å². The second-order valence-electron chi connectivity index (χ2n) is 10.9. The van der Waals surface area contributed by atoms with Crippen molar-refractivity contribution in [1.29, 1.82) is 0 Å². The van der Waals surface area contributed by atoms with E-state index in [1.165, 1.54) is 38.5 Å². The van der Waals surface area contributed by atoms with Gasteiger partial charge in [-0.05, 0) is 71.3 Å². The minimum atomic E-state index is -1.47. The summed E-state index contributed by atoms with van der Waals surface area (Å²) in [6.07, 6.45) is 3.71. The van der Waals surface area contributed by atoms with Gasteiger partial charge >= 0.3 is 0 Å². The first-order chi connectivity index (χ1) is 20.9. The number of Topliss-reactive ketones (excluding diaryl/α,β-unsaturated/α-hetero) is 2. The molecule has 0 unspecified atom stereocenters. The first kappa shape index (κ1) is 26.6. The molecule has 1 fully saturated rings. The number of methoxy groups -OCH3 is 2. The molecule has 1 N–H and O–H groups in total. The van der Waals surface area contributed by atoms with Crippen LogP contribution in [0.3, 0.4) is 0 Å². The number of benzene rings is 4. The van der Waals surface area contributed by atoms with E-state index in [0.29, 0.717) is 28.3 Å². The topological polar surface area (TPSA) is 84.9 Å². The van der Waals surface area contributed by atoms with Crippen LogP contribution in [0.5, 0.6) is 11.5 Å². The number of carbonyl (C=O) groups excluding carboxylic acids is 3. The summed E-state index contributed by atoms with van der Waals surface area (Å²) in [5, 5.41) is 3.02. The SMILES string of the molecule is COc1ccc(C(=O)[C@@H]2[C@H](C(=O)c3ccc(F)cc3)[C@]3(C(=O)Nc4ccccc43)[C@H]3c4ccccc4C=CN23)cc1OC. The number of fused-ring (bicyclic) bond motifs is 6. The molecule has 8 heteroatoms. The van der Waals surface area contributed by atoms with Crippen LogP contribution in [-0.4, -0.2) is 42.6 Å². The van der Waals surface area contributed by atoms with Gasteiger partial charge in [-0.1, -0.05) is 42.5 Å². The molecule has 4 atom stereocenters. The third-order valence-corrected chi connectivity index (χ3v) is 8.92. The molecule has 3 aliphatic rings. The zero-order valence-corrected chi connectivity index (χ0v) is 23.4. The van der Waals surface area contributed by atoms with E-state index < -0.39 is 35.0 Å². The Bertz CT molecular complexity index is 1830. The summed E-state index contributed by atoms with van der Waals surface area (Å²) in [6.45, 7) is 0. The number of rotatable bonds is 6. The number of hydrogen-bond acceptors (Lipinski definition) is 6. The van der Waals surface area contributed by atoms with E-state index >= 15 is 0 Å². The van der Waals surface area contributed by atoms with Crippen LogP contribution in [0.1, 0.15) is 43.4 Å². The number of carbonyl (C=O) groups is 3. The molecule has 7 rings (SSSR count). The molecule has 0 aliphatic carbocycles.